The number of hydrogen-bond acceptors (Lipinski definition) is 6. The zero-order valence-corrected chi connectivity index (χ0v) is 15.3. The molecule has 0 bridgehead atoms. The maximum atomic E-state index is 13.0. The van der Waals surface area contributed by atoms with Gasteiger partial charge in [0.1, 0.15) is 11.5 Å². The molecule has 1 amide bonds. The molecule has 0 atom stereocenters. The standard InChI is InChI=1S/C19H21N5O2/c1-5-24(15-8-6-7-12(2)9-15)18(25)16-10-13(3)20-19(21-16)22-17-11-14(4)26-23-17/h6-11H,5H2,1-4H3,(H,20,21,22,23). The SMILES string of the molecule is CCN(C(=O)c1cc(C)nc(Nc2cc(C)on2)n1)c1cccc(C)c1. The molecule has 2 aromatic heterocycles. The van der Waals surface area contributed by atoms with Crippen molar-refractivity contribution in [2.75, 3.05) is 16.8 Å². The van der Waals surface area contributed by atoms with Crippen LogP contribution in [0, 0.1) is 20.8 Å². The molecule has 1 aromatic carbocycles. The largest absolute Gasteiger partial charge is 0.360 e. The van der Waals surface area contributed by atoms with Gasteiger partial charge in [-0.3, -0.25) is 4.79 Å². The van der Waals surface area contributed by atoms with Crippen molar-refractivity contribution in [3.8, 4) is 0 Å². The van der Waals surface area contributed by atoms with E-state index in [1.807, 2.05) is 45.0 Å². The average Bonchev–Trinajstić information content (AvgIpc) is 3.00. The van der Waals surface area contributed by atoms with Gasteiger partial charge in [0.25, 0.3) is 5.91 Å². The Morgan fingerprint density at radius 2 is 1.96 bits per heavy atom. The van der Waals surface area contributed by atoms with Crippen LogP contribution in [0.3, 0.4) is 0 Å². The quantitative estimate of drug-likeness (QED) is 0.753. The molecule has 26 heavy (non-hydrogen) atoms. The molecule has 1 N–H and O–H groups in total. The fourth-order valence-electron chi connectivity index (χ4n) is 2.65. The molecule has 7 heteroatoms. The van der Waals surface area contributed by atoms with Crippen LogP contribution in [-0.2, 0) is 0 Å². The second kappa shape index (κ2) is 7.35. The molecule has 0 unspecified atom stereocenters. The molecule has 2 heterocycles. The summed E-state index contributed by atoms with van der Waals surface area (Å²) in [5.74, 6) is 1.30. The van der Waals surface area contributed by atoms with Crippen LogP contribution in [0.2, 0.25) is 0 Å². The molecule has 0 fully saturated rings. The number of nitrogens with one attached hydrogen (secondary N) is 1. The van der Waals surface area contributed by atoms with E-state index in [1.54, 1.807) is 24.0 Å². The highest BCUT2D eigenvalue weighted by molar-refractivity contribution is 6.05. The fourth-order valence-corrected chi connectivity index (χ4v) is 2.65. The Hall–Kier alpha value is -3.22. The van der Waals surface area contributed by atoms with Crippen LogP contribution in [0.15, 0.2) is 40.9 Å². The van der Waals surface area contributed by atoms with Gasteiger partial charge in [0.15, 0.2) is 5.82 Å². The number of nitrogens with zero attached hydrogens (tertiary/aromatic N) is 4. The summed E-state index contributed by atoms with van der Waals surface area (Å²) in [4.78, 5) is 23.4. The smallest absolute Gasteiger partial charge is 0.277 e. The number of rotatable bonds is 5. The molecule has 134 valence electrons. The molecule has 3 rings (SSSR count). The third kappa shape index (κ3) is 3.88. The van der Waals surface area contributed by atoms with Crippen molar-refractivity contribution in [2.45, 2.75) is 27.7 Å². The second-order valence-electron chi connectivity index (χ2n) is 6.05. The Labute approximate surface area is 152 Å². The molecule has 0 saturated carbocycles. The lowest BCUT2D eigenvalue weighted by molar-refractivity contribution is 0.0983. The first-order chi connectivity index (χ1) is 12.5. The zero-order valence-electron chi connectivity index (χ0n) is 15.3. The summed E-state index contributed by atoms with van der Waals surface area (Å²) in [5, 5.41) is 6.83. The third-order valence-corrected chi connectivity index (χ3v) is 3.82. The molecular formula is C19H21N5O2. The Morgan fingerprint density at radius 3 is 2.62 bits per heavy atom. The fraction of sp³-hybridized carbons (Fsp3) is 0.263. The Morgan fingerprint density at radius 1 is 1.15 bits per heavy atom. The van der Waals surface area contributed by atoms with Gasteiger partial charge in [-0.1, -0.05) is 17.3 Å². The summed E-state index contributed by atoms with van der Waals surface area (Å²) >= 11 is 0. The van der Waals surface area contributed by atoms with E-state index in [2.05, 4.69) is 20.4 Å². The topological polar surface area (TPSA) is 84.2 Å². The molecule has 0 radical (unpaired) electrons. The van der Waals surface area contributed by atoms with Crippen molar-refractivity contribution in [3.05, 3.63) is 59.1 Å². The van der Waals surface area contributed by atoms with Crippen LogP contribution in [0.25, 0.3) is 0 Å². The van der Waals surface area contributed by atoms with Crippen molar-refractivity contribution in [2.24, 2.45) is 0 Å². The van der Waals surface area contributed by atoms with E-state index in [0.717, 1.165) is 11.3 Å². The van der Waals surface area contributed by atoms with Crippen molar-refractivity contribution in [1.29, 1.82) is 0 Å². The van der Waals surface area contributed by atoms with E-state index in [9.17, 15) is 4.79 Å². The molecular weight excluding hydrogens is 330 g/mol. The maximum Gasteiger partial charge on any atom is 0.277 e. The second-order valence-corrected chi connectivity index (χ2v) is 6.05. The number of carbonyl (C=O) groups excluding carboxylic acids is 1. The molecule has 0 saturated heterocycles. The van der Waals surface area contributed by atoms with Gasteiger partial charge in [0.05, 0.1) is 0 Å². The predicted octanol–water partition coefficient (Wildman–Crippen LogP) is 3.80. The Kier molecular flexibility index (Phi) is 4.97. The van der Waals surface area contributed by atoms with Crippen LogP contribution < -0.4 is 10.2 Å². The Balaban J connectivity index is 1.90. The zero-order chi connectivity index (χ0) is 18.7. The first kappa shape index (κ1) is 17.6. The first-order valence-corrected chi connectivity index (χ1v) is 8.41. The van der Waals surface area contributed by atoms with E-state index >= 15 is 0 Å². The monoisotopic (exact) mass is 351 g/mol. The average molecular weight is 351 g/mol. The van der Waals surface area contributed by atoms with Crippen LogP contribution in [-0.4, -0.2) is 27.6 Å². The van der Waals surface area contributed by atoms with E-state index in [1.165, 1.54) is 0 Å². The summed E-state index contributed by atoms with van der Waals surface area (Å²) < 4.78 is 5.03. The van der Waals surface area contributed by atoms with E-state index in [4.69, 9.17) is 4.52 Å². The van der Waals surface area contributed by atoms with E-state index in [0.29, 0.717) is 35.5 Å². The lowest BCUT2D eigenvalue weighted by Gasteiger charge is -2.21. The van der Waals surface area contributed by atoms with Crippen LogP contribution >= 0.6 is 0 Å². The minimum absolute atomic E-state index is 0.178. The van der Waals surface area contributed by atoms with Gasteiger partial charge < -0.3 is 14.7 Å². The van der Waals surface area contributed by atoms with Gasteiger partial charge in [-0.05, 0) is 51.5 Å². The lowest BCUT2D eigenvalue weighted by Crippen LogP contribution is -2.31. The minimum atomic E-state index is -0.178. The molecule has 7 nitrogen and oxygen atoms in total. The van der Waals surface area contributed by atoms with Crippen LogP contribution in [0.5, 0.6) is 0 Å². The summed E-state index contributed by atoms with van der Waals surface area (Å²) in [6.07, 6.45) is 0. The molecule has 3 aromatic rings. The number of benzene rings is 1. The van der Waals surface area contributed by atoms with E-state index in [-0.39, 0.29) is 5.91 Å². The Bertz CT molecular complexity index is 935. The normalized spacial score (nSPS) is 10.6. The van der Waals surface area contributed by atoms with Crippen molar-refractivity contribution < 1.29 is 9.32 Å². The number of anilines is 3. The molecule has 0 spiro atoms. The summed E-state index contributed by atoms with van der Waals surface area (Å²) in [6.45, 7) is 8.09. The highest BCUT2D eigenvalue weighted by Crippen LogP contribution is 2.19. The number of hydrogen-bond donors (Lipinski definition) is 1. The number of aryl methyl sites for hydroxylation is 3. The molecule has 0 aliphatic rings. The first-order valence-electron chi connectivity index (χ1n) is 8.41. The number of carbonyl (C=O) groups is 1. The predicted molar refractivity (Wildman–Crippen MR) is 99.8 cm³/mol. The minimum Gasteiger partial charge on any atom is -0.360 e. The highest BCUT2D eigenvalue weighted by Gasteiger charge is 2.19. The molecule has 0 aliphatic carbocycles. The van der Waals surface area contributed by atoms with Gasteiger partial charge in [0, 0.05) is 24.0 Å². The van der Waals surface area contributed by atoms with E-state index < -0.39 is 0 Å². The maximum absolute atomic E-state index is 13.0. The van der Waals surface area contributed by atoms with Crippen LogP contribution in [0.4, 0.5) is 17.5 Å². The summed E-state index contributed by atoms with van der Waals surface area (Å²) in [6, 6.07) is 11.2. The van der Waals surface area contributed by atoms with Gasteiger partial charge in [-0.15, -0.1) is 0 Å². The lowest BCUT2D eigenvalue weighted by atomic mass is 10.2. The highest BCUT2D eigenvalue weighted by atomic mass is 16.5. The van der Waals surface area contributed by atoms with Gasteiger partial charge >= 0.3 is 0 Å². The van der Waals surface area contributed by atoms with Crippen molar-refractivity contribution >= 4 is 23.4 Å². The van der Waals surface area contributed by atoms with Gasteiger partial charge in [-0.25, -0.2) is 9.97 Å². The van der Waals surface area contributed by atoms with Gasteiger partial charge in [-0.2, -0.15) is 0 Å². The molecule has 0 aliphatic heterocycles. The third-order valence-electron chi connectivity index (χ3n) is 3.82. The van der Waals surface area contributed by atoms with Crippen molar-refractivity contribution in [3.63, 3.8) is 0 Å². The number of amides is 1. The van der Waals surface area contributed by atoms with Crippen LogP contribution in [0.1, 0.15) is 34.4 Å². The van der Waals surface area contributed by atoms with Crippen molar-refractivity contribution in [1.82, 2.24) is 15.1 Å². The van der Waals surface area contributed by atoms with Gasteiger partial charge in [0.2, 0.25) is 5.95 Å². The number of aromatic nitrogens is 3. The summed E-state index contributed by atoms with van der Waals surface area (Å²) in [7, 11) is 0. The summed E-state index contributed by atoms with van der Waals surface area (Å²) in [5.41, 5.74) is 2.95.